The maximum atomic E-state index is 13.6. The summed E-state index contributed by atoms with van der Waals surface area (Å²) in [5.74, 6) is 1.43. The van der Waals surface area contributed by atoms with Gasteiger partial charge in [-0.15, -0.1) is 0 Å². The van der Waals surface area contributed by atoms with Crippen molar-refractivity contribution in [1.82, 2.24) is 29.3 Å². The van der Waals surface area contributed by atoms with Gasteiger partial charge in [0.05, 0.1) is 0 Å². The molecule has 6 rings (SSSR count). The van der Waals surface area contributed by atoms with Gasteiger partial charge in [0.15, 0.2) is 5.65 Å². The molecule has 8 nitrogen and oxygen atoms in total. The summed E-state index contributed by atoms with van der Waals surface area (Å²) in [6, 6.07) is 14.4. The Morgan fingerprint density at radius 3 is 2.45 bits per heavy atom. The zero-order chi connectivity index (χ0) is 26.1. The molecule has 3 aromatic heterocycles. The lowest BCUT2D eigenvalue weighted by molar-refractivity contribution is -0.138. The van der Waals surface area contributed by atoms with E-state index in [0.717, 1.165) is 86.5 Å². The molecule has 5 heterocycles. The van der Waals surface area contributed by atoms with Gasteiger partial charge in [0.1, 0.15) is 23.0 Å². The molecule has 4 aromatic rings. The molecule has 2 N–H and O–H groups in total. The van der Waals surface area contributed by atoms with E-state index in [-0.39, 0.29) is 23.7 Å². The van der Waals surface area contributed by atoms with Crippen LogP contribution in [0.1, 0.15) is 37.3 Å². The third-order valence-electron chi connectivity index (χ3n) is 7.88. The van der Waals surface area contributed by atoms with E-state index in [1.54, 1.807) is 24.5 Å². The second-order valence-corrected chi connectivity index (χ2v) is 10.4. The number of rotatable bonds is 5. The number of nitrogens with two attached hydrogens (primary N) is 1. The summed E-state index contributed by atoms with van der Waals surface area (Å²) in [5, 5.41) is 0. The number of anilines is 1. The van der Waals surface area contributed by atoms with Crippen LogP contribution in [-0.2, 0) is 11.3 Å². The smallest absolute Gasteiger partial charge is 0.225 e. The van der Waals surface area contributed by atoms with Gasteiger partial charge in [-0.05, 0) is 92.9 Å². The van der Waals surface area contributed by atoms with Crippen LogP contribution in [0.5, 0.6) is 0 Å². The van der Waals surface area contributed by atoms with E-state index in [4.69, 9.17) is 10.7 Å². The van der Waals surface area contributed by atoms with Crippen LogP contribution in [0.25, 0.3) is 22.6 Å². The highest BCUT2D eigenvalue weighted by Crippen LogP contribution is 2.33. The Labute approximate surface area is 221 Å². The molecule has 196 valence electrons. The third-order valence-corrected chi connectivity index (χ3v) is 7.88. The van der Waals surface area contributed by atoms with E-state index in [0.29, 0.717) is 5.82 Å². The molecule has 0 atom stereocenters. The van der Waals surface area contributed by atoms with Crippen molar-refractivity contribution in [2.45, 2.75) is 38.3 Å². The fourth-order valence-electron chi connectivity index (χ4n) is 5.87. The number of aromatic nitrogens is 4. The molecule has 2 saturated heterocycles. The molecule has 9 heteroatoms. The number of likely N-dealkylation sites (tertiary alicyclic amines) is 2. The SMILES string of the molecule is Nc1cc(CN2CCC(C(=O)N3CCC(n4c(-c5ccc(F)cc5)nc5cccnc54)CC3)CC2)ccn1. The van der Waals surface area contributed by atoms with E-state index < -0.39 is 0 Å². The number of benzene rings is 1. The number of amides is 1. The molecule has 0 radical (unpaired) electrons. The maximum Gasteiger partial charge on any atom is 0.225 e. The van der Waals surface area contributed by atoms with Crippen molar-refractivity contribution in [1.29, 1.82) is 0 Å². The minimum Gasteiger partial charge on any atom is -0.384 e. The Morgan fingerprint density at radius 2 is 1.71 bits per heavy atom. The van der Waals surface area contributed by atoms with Gasteiger partial charge in [0.25, 0.3) is 0 Å². The highest BCUT2D eigenvalue weighted by molar-refractivity contribution is 5.79. The van der Waals surface area contributed by atoms with Crippen LogP contribution < -0.4 is 5.73 Å². The third kappa shape index (κ3) is 4.98. The van der Waals surface area contributed by atoms with E-state index in [2.05, 4.69) is 19.4 Å². The monoisotopic (exact) mass is 513 g/mol. The van der Waals surface area contributed by atoms with E-state index in [1.165, 1.54) is 12.1 Å². The van der Waals surface area contributed by atoms with Gasteiger partial charge in [-0.3, -0.25) is 9.69 Å². The Hall–Kier alpha value is -3.85. The van der Waals surface area contributed by atoms with E-state index in [9.17, 15) is 9.18 Å². The number of halogens is 1. The van der Waals surface area contributed by atoms with Crippen LogP contribution in [0.3, 0.4) is 0 Å². The topological polar surface area (TPSA) is 93.2 Å². The lowest BCUT2D eigenvalue weighted by Crippen LogP contribution is -2.45. The molecule has 0 spiro atoms. The predicted octanol–water partition coefficient (Wildman–Crippen LogP) is 4.29. The molecule has 1 aromatic carbocycles. The molecule has 2 aliphatic heterocycles. The summed E-state index contributed by atoms with van der Waals surface area (Å²) in [6.07, 6.45) is 6.96. The van der Waals surface area contributed by atoms with Crippen molar-refractivity contribution in [3.63, 3.8) is 0 Å². The summed E-state index contributed by atoms with van der Waals surface area (Å²) in [4.78, 5) is 31.4. The first kappa shape index (κ1) is 24.5. The second-order valence-electron chi connectivity index (χ2n) is 10.4. The van der Waals surface area contributed by atoms with Crippen molar-refractivity contribution < 1.29 is 9.18 Å². The van der Waals surface area contributed by atoms with Gasteiger partial charge in [-0.1, -0.05) is 0 Å². The number of hydrogen-bond acceptors (Lipinski definition) is 6. The van der Waals surface area contributed by atoms with Gasteiger partial charge < -0.3 is 15.2 Å². The average molecular weight is 514 g/mol. The van der Waals surface area contributed by atoms with Crippen LogP contribution in [0.2, 0.25) is 0 Å². The standard InChI is InChI=1S/C29H32FN7O/c30-23-5-3-21(4-6-23)27-34-25-2-1-12-33-28(25)37(27)24-10-16-36(17-11-24)29(38)22-8-14-35(15-9-22)19-20-7-13-32-26(31)18-20/h1-7,12-13,18,22,24H,8-11,14-17,19H2,(H2,31,32). The largest absolute Gasteiger partial charge is 0.384 e. The number of nitrogens with zero attached hydrogens (tertiary/aromatic N) is 6. The Bertz CT molecular complexity index is 1420. The second kappa shape index (κ2) is 10.5. The first-order chi connectivity index (χ1) is 18.5. The molecular weight excluding hydrogens is 481 g/mol. The van der Waals surface area contributed by atoms with Gasteiger partial charge in [0, 0.05) is 49.6 Å². The van der Waals surface area contributed by atoms with Crippen LogP contribution in [-0.4, -0.2) is 61.4 Å². The van der Waals surface area contributed by atoms with E-state index in [1.807, 2.05) is 29.2 Å². The quantitative estimate of drug-likeness (QED) is 0.428. The molecule has 0 aliphatic carbocycles. The zero-order valence-electron chi connectivity index (χ0n) is 21.3. The Kier molecular flexibility index (Phi) is 6.76. The highest BCUT2D eigenvalue weighted by atomic mass is 19.1. The Balaban J connectivity index is 1.10. The lowest BCUT2D eigenvalue weighted by atomic mass is 9.93. The summed E-state index contributed by atoms with van der Waals surface area (Å²) in [7, 11) is 0. The minimum absolute atomic E-state index is 0.0795. The van der Waals surface area contributed by atoms with Gasteiger partial charge in [0.2, 0.25) is 5.91 Å². The van der Waals surface area contributed by atoms with Crippen LogP contribution in [0, 0.1) is 11.7 Å². The summed E-state index contributed by atoms with van der Waals surface area (Å²) >= 11 is 0. The summed E-state index contributed by atoms with van der Waals surface area (Å²) in [6.45, 7) is 4.08. The van der Waals surface area contributed by atoms with Gasteiger partial charge >= 0.3 is 0 Å². The van der Waals surface area contributed by atoms with Crippen molar-refractivity contribution in [3.05, 3.63) is 72.3 Å². The predicted molar refractivity (Wildman–Crippen MR) is 144 cm³/mol. The molecule has 38 heavy (non-hydrogen) atoms. The van der Waals surface area contributed by atoms with Crippen molar-refractivity contribution in [3.8, 4) is 11.4 Å². The van der Waals surface area contributed by atoms with Crippen molar-refractivity contribution in [2.24, 2.45) is 5.92 Å². The number of carbonyl (C=O) groups excluding carboxylic acids is 1. The van der Waals surface area contributed by atoms with E-state index >= 15 is 0 Å². The number of nitrogen functional groups attached to an aromatic ring is 1. The minimum atomic E-state index is -0.269. The highest BCUT2D eigenvalue weighted by Gasteiger charge is 2.32. The molecule has 0 bridgehead atoms. The maximum absolute atomic E-state index is 13.6. The fraction of sp³-hybridized carbons (Fsp3) is 0.379. The zero-order valence-corrected chi connectivity index (χ0v) is 21.3. The van der Waals surface area contributed by atoms with Crippen LogP contribution >= 0.6 is 0 Å². The number of imidazole rings is 1. The number of carbonyl (C=O) groups is 1. The first-order valence-electron chi connectivity index (χ1n) is 13.4. The van der Waals surface area contributed by atoms with Crippen molar-refractivity contribution in [2.75, 3.05) is 31.9 Å². The number of fused-ring (bicyclic) bond motifs is 1. The lowest BCUT2D eigenvalue weighted by Gasteiger charge is -2.38. The molecule has 1 amide bonds. The molecule has 2 aliphatic rings. The molecule has 0 unspecified atom stereocenters. The number of piperidine rings is 2. The molecular formula is C29H32FN7O. The van der Waals surface area contributed by atoms with Gasteiger partial charge in [-0.2, -0.15) is 0 Å². The van der Waals surface area contributed by atoms with Crippen molar-refractivity contribution >= 4 is 22.9 Å². The summed E-state index contributed by atoms with van der Waals surface area (Å²) in [5.41, 5.74) is 9.50. The van der Waals surface area contributed by atoms with Crippen LogP contribution in [0.15, 0.2) is 60.9 Å². The average Bonchev–Trinajstić information content (AvgIpc) is 3.33. The van der Waals surface area contributed by atoms with Gasteiger partial charge in [-0.25, -0.2) is 19.3 Å². The Morgan fingerprint density at radius 1 is 0.947 bits per heavy atom. The number of hydrogen-bond donors (Lipinski definition) is 1. The summed E-state index contributed by atoms with van der Waals surface area (Å²) < 4.78 is 15.8. The fourth-order valence-corrected chi connectivity index (χ4v) is 5.87. The first-order valence-corrected chi connectivity index (χ1v) is 13.4. The molecule has 0 saturated carbocycles. The number of pyridine rings is 2. The molecule has 2 fully saturated rings. The normalized spacial score (nSPS) is 17.8. The van der Waals surface area contributed by atoms with Crippen LogP contribution in [0.4, 0.5) is 10.2 Å².